The maximum Gasteiger partial charge on any atom is 0.108 e. The van der Waals surface area contributed by atoms with Gasteiger partial charge in [-0.15, -0.1) is 0 Å². The molecule has 1 radical (unpaired) electrons. The quantitative estimate of drug-likeness (QED) is 0.474. The molecule has 0 aromatic heterocycles. The molecule has 0 amide bonds. The summed E-state index contributed by atoms with van der Waals surface area (Å²) in [6.07, 6.45) is 0.174. The molecule has 0 rings (SSSR count). The molecule has 8 heavy (non-hydrogen) atoms. The Balaban J connectivity index is 2.86. The van der Waals surface area contributed by atoms with Crippen LogP contribution in [-0.2, 0) is 0 Å². The van der Waals surface area contributed by atoms with Crippen molar-refractivity contribution >= 4 is 0 Å². The predicted molar refractivity (Wildman–Crippen MR) is 28.6 cm³/mol. The van der Waals surface area contributed by atoms with Gasteiger partial charge < -0.3 is 15.3 Å². The molecule has 1 unspecified atom stereocenters. The van der Waals surface area contributed by atoms with Crippen molar-refractivity contribution in [2.24, 2.45) is 0 Å². The molecule has 0 aromatic rings. The van der Waals surface area contributed by atoms with Gasteiger partial charge in [-0.3, -0.25) is 0 Å². The zero-order valence-corrected chi connectivity index (χ0v) is 4.62. The highest BCUT2D eigenvalue weighted by molar-refractivity contribution is 4.61. The van der Waals surface area contributed by atoms with E-state index >= 15 is 0 Å². The second kappa shape index (κ2) is 5.03. The van der Waals surface area contributed by atoms with Gasteiger partial charge in [0.25, 0.3) is 0 Å². The van der Waals surface area contributed by atoms with Gasteiger partial charge in [-0.05, 0) is 12.8 Å². The number of hydrogen-bond acceptors (Lipinski definition) is 3. The van der Waals surface area contributed by atoms with Gasteiger partial charge in [-0.25, -0.2) is 0 Å². The van der Waals surface area contributed by atoms with E-state index in [2.05, 4.69) is 0 Å². The molecule has 0 aliphatic carbocycles. The minimum absolute atomic E-state index is 0.0604. The van der Waals surface area contributed by atoms with Crippen LogP contribution in [0.4, 0.5) is 0 Å². The molecule has 1 atom stereocenters. The summed E-state index contributed by atoms with van der Waals surface area (Å²) in [7, 11) is 0. The van der Waals surface area contributed by atoms with E-state index in [1.165, 1.54) is 0 Å². The van der Waals surface area contributed by atoms with E-state index in [1.807, 2.05) is 0 Å². The van der Waals surface area contributed by atoms with Crippen molar-refractivity contribution in [3.63, 3.8) is 0 Å². The second-order valence-electron chi connectivity index (χ2n) is 1.58. The standard InChI is InChI=1S/C5H11O3/c6-3-1-2-5(8)4-7/h4-8H,1-3H2. The second-order valence-corrected chi connectivity index (χ2v) is 1.58. The first kappa shape index (κ1) is 7.88. The van der Waals surface area contributed by atoms with Crippen LogP contribution in [0, 0.1) is 6.61 Å². The number of rotatable bonds is 4. The third-order valence-corrected chi connectivity index (χ3v) is 0.830. The number of aliphatic hydroxyl groups is 3. The Kier molecular flexibility index (Phi) is 4.95. The highest BCUT2D eigenvalue weighted by Crippen LogP contribution is 1.96. The van der Waals surface area contributed by atoms with E-state index in [0.29, 0.717) is 12.8 Å². The lowest BCUT2D eigenvalue weighted by molar-refractivity contribution is 0.126. The SMILES string of the molecule is O[CH]C(O)CCCO. The Morgan fingerprint density at radius 3 is 2.50 bits per heavy atom. The van der Waals surface area contributed by atoms with Crippen LogP contribution in [0.25, 0.3) is 0 Å². The van der Waals surface area contributed by atoms with E-state index in [9.17, 15) is 0 Å². The molecule has 0 aliphatic rings. The summed E-state index contributed by atoms with van der Waals surface area (Å²) < 4.78 is 0. The van der Waals surface area contributed by atoms with Crippen LogP contribution in [0.2, 0.25) is 0 Å². The van der Waals surface area contributed by atoms with Crippen LogP contribution in [0.5, 0.6) is 0 Å². The first-order chi connectivity index (χ1) is 3.81. The van der Waals surface area contributed by atoms with Crippen LogP contribution in [0.3, 0.4) is 0 Å². The normalized spacial score (nSPS) is 13.9. The Bertz CT molecular complexity index is 46.9. The van der Waals surface area contributed by atoms with Gasteiger partial charge in [-0.2, -0.15) is 0 Å². The van der Waals surface area contributed by atoms with Crippen molar-refractivity contribution in [1.82, 2.24) is 0 Å². The number of aliphatic hydroxyl groups excluding tert-OH is 3. The number of hydrogen-bond donors (Lipinski definition) is 3. The highest BCUT2D eigenvalue weighted by Gasteiger charge is 1.99. The first-order valence-corrected chi connectivity index (χ1v) is 2.57. The molecule has 0 saturated carbocycles. The van der Waals surface area contributed by atoms with Gasteiger partial charge in [0.2, 0.25) is 0 Å². The van der Waals surface area contributed by atoms with Crippen LogP contribution in [0.15, 0.2) is 0 Å². The Hall–Kier alpha value is -0.120. The highest BCUT2D eigenvalue weighted by atomic mass is 16.3. The monoisotopic (exact) mass is 119 g/mol. The van der Waals surface area contributed by atoms with Gasteiger partial charge in [0.15, 0.2) is 0 Å². The maximum absolute atomic E-state index is 8.57. The summed E-state index contributed by atoms with van der Waals surface area (Å²) in [4.78, 5) is 0. The summed E-state index contributed by atoms with van der Waals surface area (Å²) in [5.74, 6) is 0. The molecular weight excluding hydrogens is 108 g/mol. The van der Waals surface area contributed by atoms with Gasteiger partial charge in [0.05, 0.1) is 6.10 Å². The molecule has 0 spiro atoms. The minimum Gasteiger partial charge on any atom is -0.396 e. The van der Waals surface area contributed by atoms with Crippen molar-refractivity contribution in [2.45, 2.75) is 18.9 Å². The van der Waals surface area contributed by atoms with E-state index in [4.69, 9.17) is 15.3 Å². The van der Waals surface area contributed by atoms with Gasteiger partial charge in [0.1, 0.15) is 6.61 Å². The third-order valence-electron chi connectivity index (χ3n) is 0.830. The largest absolute Gasteiger partial charge is 0.396 e. The average molecular weight is 119 g/mol. The van der Waals surface area contributed by atoms with Gasteiger partial charge in [-0.1, -0.05) is 0 Å². The predicted octanol–water partition coefficient (Wildman–Crippen LogP) is -0.346. The topological polar surface area (TPSA) is 60.7 Å². The fraction of sp³-hybridized carbons (Fsp3) is 0.800. The summed E-state index contributed by atoms with van der Waals surface area (Å²) >= 11 is 0. The van der Waals surface area contributed by atoms with Crippen molar-refractivity contribution in [2.75, 3.05) is 6.61 Å². The van der Waals surface area contributed by atoms with Crippen LogP contribution >= 0.6 is 0 Å². The lowest BCUT2D eigenvalue weighted by atomic mass is 10.2. The molecule has 0 aromatic carbocycles. The van der Waals surface area contributed by atoms with Crippen LogP contribution in [-0.4, -0.2) is 28.0 Å². The smallest absolute Gasteiger partial charge is 0.108 e. The fourth-order valence-electron chi connectivity index (χ4n) is 0.375. The zero-order valence-electron chi connectivity index (χ0n) is 4.62. The molecule has 3 nitrogen and oxygen atoms in total. The lowest BCUT2D eigenvalue weighted by Crippen LogP contribution is -2.06. The molecule has 0 bridgehead atoms. The van der Waals surface area contributed by atoms with Gasteiger partial charge >= 0.3 is 0 Å². The maximum atomic E-state index is 8.57. The molecule has 0 aliphatic heterocycles. The van der Waals surface area contributed by atoms with Crippen LogP contribution in [0.1, 0.15) is 12.8 Å². The summed E-state index contributed by atoms with van der Waals surface area (Å²) in [5, 5.41) is 24.9. The van der Waals surface area contributed by atoms with Crippen molar-refractivity contribution < 1.29 is 15.3 Å². The Morgan fingerprint density at radius 2 is 2.12 bits per heavy atom. The minimum atomic E-state index is -0.776. The molecule has 3 N–H and O–H groups in total. The van der Waals surface area contributed by atoms with Crippen LogP contribution < -0.4 is 0 Å². The summed E-state index contributed by atoms with van der Waals surface area (Å²) in [5.41, 5.74) is 0. The van der Waals surface area contributed by atoms with Gasteiger partial charge in [0, 0.05) is 6.61 Å². The molecule has 0 heterocycles. The van der Waals surface area contributed by atoms with Crippen molar-refractivity contribution in [3.05, 3.63) is 6.61 Å². The molecular formula is C5H11O3. The third kappa shape index (κ3) is 4.05. The summed E-state index contributed by atoms with van der Waals surface area (Å²) in [6.45, 7) is 0.778. The Labute approximate surface area is 48.6 Å². The zero-order chi connectivity index (χ0) is 6.41. The van der Waals surface area contributed by atoms with Crippen molar-refractivity contribution in [3.8, 4) is 0 Å². The molecule has 49 valence electrons. The lowest BCUT2D eigenvalue weighted by Gasteiger charge is -2.01. The van der Waals surface area contributed by atoms with Crippen molar-refractivity contribution in [1.29, 1.82) is 0 Å². The van der Waals surface area contributed by atoms with E-state index in [-0.39, 0.29) is 6.61 Å². The first-order valence-electron chi connectivity index (χ1n) is 2.57. The average Bonchev–Trinajstić information content (AvgIpc) is 1.83. The fourth-order valence-corrected chi connectivity index (χ4v) is 0.375. The Morgan fingerprint density at radius 1 is 1.50 bits per heavy atom. The van der Waals surface area contributed by atoms with E-state index < -0.39 is 6.10 Å². The summed E-state index contributed by atoms with van der Waals surface area (Å²) in [6, 6.07) is 0. The van der Waals surface area contributed by atoms with E-state index in [0.717, 1.165) is 6.61 Å². The van der Waals surface area contributed by atoms with E-state index in [1.54, 1.807) is 0 Å². The molecule has 3 heteroatoms. The molecule has 0 saturated heterocycles. The molecule has 0 fully saturated rings.